The number of halogens is 2. The van der Waals surface area contributed by atoms with E-state index in [1.54, 1.807) is 0 Å². The van der Waals surface area contributed by atoms with Crippen LogP contribution in [0.15, 0.2) is 23.1 Å². The summed E-state index contributed by atoms with van der Waals surface area (Å²) in [4.78, 5) is 21.3. The minimum absolute atomic E-state index is 0.00315. The number of nitrogens with two attached hydrogens (primary N) is 1. The Morgan fingerprint density at radius 1 is 1.30 bits per heavy atom. The lowest BCUT2D eigenvalue weighted by molar-refractivity contribution is -0.139. The molecule has 0 aliphatic carbocycles. The van der Waals surface area contributed by atoms with Gasteiger partial charge in [0.25, 0.3) is 0 Å². The van der Waals surface area contributed by atoms with Crippen LogP contribution in [0.5, 0.6) is 0 Å². The maximum atomic E-state index is 12.0. The smallest absolute Gasteiger partial charge is 0.305 e. The molecule has 1 aromatic rings. The minimum atomic E-state index is -4.15. The predicted octanol–water partition coefficient (Wildman–Crippen LogP) is 0.600. The summed E-state index contributed by atoms with van der Waals surface area (Å²) in [6.45, 7) is 0. The molecule has 0 aromatic heterocycles. The Labute approximate surface area is 124 Å². The van der Waals surface area contributed by atoms with E-state index in [2.05, 4.69) is 0 Å². The molecular formula is C10H10Cl2N2O5S. The van der Waals surface area contributed by atoms with Crippen molar-refractivity contribution in [1.82, 2.24) is 4.72 Å². The van der Waals surface area contributed by atoms with Crippen LogP contribution in [0.1, 0.15) is 6.42 Å². The molecule has 0 spiro atoms. The zero-order valence-electron chi connectivity index (χ0n) is 9.84. The molecule has 1 amide bonds. The van der Waals surface area contributed by atoms with Crippen molar-refractivity contribution in [3.05, 3.63) is 28.2 Å². The molecule has 0 fully saturated rings. The van der Waals surface area contributed by atoms with Crippen LogP contribution in [0.25, 0.3) is 0 Å². The molecule has 0 saturated carbocycles. The van der Waals surface area contributed by atoms with Gasteiger partial charge >= 0.3 is 5.97 Å². The molecule has 0 unspecified atom stereocenters. The van der Waals surface area contributed by atoms with Crippen LogP contribution in [0, 0.1) is 0 Å². The molecule has 0 aliphatic rings. The quantitative estimate of drug-likeness (QED) is 0.698. The highest BCUT2D eigenvalue weighted by Crippen LogP contribution is 2.24. The average Bonchev–Trinajstić information content (AvgIpc) is 2.30. The standard InChI is InChI=1S/C10H10Cl2N2O5S/c11-6-2-1-5(3-7(6)12)20(18,19)14-8(10(13)17)4-9(15)16/h1-3,8,14H,4H2,(H2,13,17)(H,15,16)/t8-/m0/s1. The molecule has 0 bridgehead atoms. The van der Waals surface area contributed by atoms with Crippen LogP contribution >= 0.6 is 23.2 Å². The van der Waals surface area contributed by atoms with Gasteiger partial charge in [0.15, 0.2) is 0 Å². The van der Waals surface area contributed by atoms with Crippen molar-refractivity contribution in [2.24, 2.45) is 5.73 Å². The number of nitrogens with one attached hydrogen (secondary N) is 1. The van der Waals surface area contributed by atoms with Crippen molar-refractivity contribution in [3.8, 4) is 0 Å². The number of carbonyl (C=O) groups is 2. The fourth-order valence-electron chi connectivity index (χ4n) is 1.27. The summed E-state index contributed by atoms with van der Waals surface area (Å²) in [7, 11) is -4.15. The predicted molar refractivity (Wildman–Crippen MR) is 72.0 cm³/mol. The van der Waals surface area contributed by atoms with E-state index in [1.807, 2.05) is 4.72 Å². The molecule has 1 atom stereocenters. The summed E-state index contributed by atoms with van der Waals surface area (Å²) in [5.74, 6) is -2.47. The van der Waals surface area contributed by atoms with Crippen molar-refractivity contribution in [1.29, 1.82) is 0 Å². The van der Waals surface area contributed by atoms with Crippen molar-refractivity contribution < 1.29 is 23.1 Å². The number of carboxylic acid groups (broad SMARTS) is 1. The van der Waals surface area contributed by atoms with Gasteiger partial charge in [-0.3, -0.25) is 9.59 Å². The third kappa shape index (κ3) is 4.34. The first kappa shape index (κ1) is 16.7. The number of sulfonamides is 1. The number of benzene rings is 1. The SMILES string of the molecule is NC(=O)[C@H](CC(=O)O)NS(=O)(=O)c1ccc(Cl)c(Cl)c1. The fourth-order valence-corrected chi connectivity index (χ4v) is 2.87. The first-order valence-corrected chi connectivity index (χ1v) is 7.36. The summed E-state index contributed by atoms with van der Waals surface area (Å²) in [5, 5.41) is 8.76. The molecule has 4 N–H and O–H groups in total. The second-order valence-electron chi connectivity index (χ2n) is 3.75. The number of primary amides is 1. The number of carbonyl (C=O) groups excluding carboxylic acids is 1. The number of aliphatic carboxylic acids is 1. The van der Waals surface area contributed by atoms with Crippen molar-refractivity contribution in [2.75, 3.05) is 0 Å². The van der Waals surface area contributed by atoms with E-state index >= 15 is 0 Å². The third-order valence-electron chi connectivity index (χ3n) is 2.22. The van der Waals surface area contributed by atoms with Gasteiger partial charge in [-0.2, -0.15) is 4.72 Å². The number of carboxylic acids is 1. The van der Waals surface area contributed by atoms with Gasteiger partial charge in [-0.25, -0.2) is 8.42 Å². The maximum absolute atomic E-state index is 12.0. The van der Waals surface area contributed by atoms with Gasteiger partial charge in [0.1, 0.15) is 6.04 Å². The highest BCUT2D eigenvalue weighted by atomic mass is 35.5. The van der Waals surface area contributed by atoms with Crippen LogP contribution in [0.2, 0.25) is 10.0 Å². The zero-order chi connectivity index (χ0) is 15.5. The van der Waals surface area contributed by atoms with E-state index in [0.717, 1.165) is 12.1 Å². The van der Waals surface area contributed by atoms with E-state index in [4.69, 9.17) is 34.0 Å². The van der Waals surface area contributed by atoms with Gasteiger partial charge < -0.3 is 10.8 Å². The third-order valence-corrected chi connectivity index (χ3v) is 4.43. The highest BCUT2D eigenvalue weighted by molar-refractivity contribution is 7.89. The van der Waals surface area contributed by atoms with Crippen LogP contribution < -0.4 is 10.5 Å². The summed E-state index contributed by atoms with van der Waals surface area (Å²) in [6, 6.07) is 1.93. The average molecular weight is 341 g/mol. The van der Waals surface area contributed by atoms with Gasteiger partial charge in [0.05, 0.1) is 21.4 Å². The monoisotopic (exact) mass is 340 g/mol. The Balaban J connectivity index is 3.06. The fraction of sp³-hybridized carbons (Fsp3) is 0.200. The van der Waals surface area contributed by atoms with Crippen LogP contribution in [-0.4, -0.2) is 31.4 Å². The first-order chi connectivity index (χ1) is 9.13. The topological polar surface area (TPSA) is 127 Å². The largest absolute Gasteiger partial charge is 0.481 e. The van der Waals surface area contributed by atoms with Gasteiger partial charge in [-0.1, -0.05) is 23.2 Å². The summed E-state index contributed by atoms with van der Waals surface area (Å²) in [6.07, 6.45) is -0.768. The molecule has 0 radical (unpaired) electrons. The van der Waals surface area contributed by atoms with Crippen LogP contribution in [-0.2, 0) is 19.6 Å². The van der Waals surface area contributed by atoms with Crippen molar-refractivity contribution >= 4 is 45.1 Å². The zero-order valence-corrected chi connectivity index (χ0v) is 12.2. The summed E-state index contributed by atoms with van der Waals surface area (Å²) < 4.78 is 25.9. The lowest BCUT2D eigenvalue weighted by atomic mass is 10.2. The Hall–Kier alpha value is -1.35. The highest BCUT2D eigenvalue weighted by Gasteiger charge is 2.26. The van der Waals surface area contributed by atoms with Crippen molar-refractivity contribution in [2.45, 2.75) is 17.4 Å². The lowest BCUT2D eigenvalue weighted by Crippen LogP contribution is -2.45. The van der Waals surface area contributed by atoms with Gasteiger partial charge in [0, 0.05) is 0 Å². The molecule has 10 heteroatoms. The Morgan fingerprint density at radius 2 is 1.90 bits per heavy atom. The van der Waals surface area contributed by atoms with Crippen molar-refractivity contribution in [3.63, 3.8) is 0 Å². The second-order valence-corrected chi connectivity index (χ2v) is 6.28. The van der Waals surface area contributed by atoms with E-state index in [9.17, 15) is 18.0 Å². The molecular weight excluding hydrogens is 331 g/mol. The number of rotatable bonds is 6. The maximum Gasteiger partial charge on any atom is 0.305 e. The lowest BCUT2D eigenvalue weighted by Gasteiger charge is -2.14. The number of amides is 1. The number of hydrogen-bond donors (Lipinski definition) is 3. The summed E-state index contributed by atoms with van der Waals surface area (Å²) >= 11 is 11.4. The van der Waals surface area contributed by atoms with Gasteiger partial charge in [-0.15, -0.1) is 0 Å². The Morgan fingerprint density at radius 3 is 2.35 bits per heavy atom. The second kappa shape index (κ2) is 6.40. The molecule has 0 saturated heterocycles. The Kier molecular flexibility index (Phi) is 5.35. The number of hydrogen-bond acceptors (Lipinski definition) is 4. The van der Waals surface area contributed by atoms with Gasteiger partial charge in [0.2, 0.25) is 15.9 Å². The summed E-state index contributed by atoms with van der Waals surface area (Å²) in [5.41, 5.74) is 4.95. The van der Waals surface area contributed by atoms with Crippen LogP contribution in [0.4, 0.5) is 0 Å². The Bertz CT molecular complexity index is 647. The van der Waals surface area contributed by atoms with Gasteiger partial charge in [-0.05, 0) is 18.2 Å². The molecule has 1 aromatic carbocycles. The molecule has 0 aliphatic heterocycles. The molecule has 0 heterocycles. The first-order valence-electron chi connectivity index (χ1n) is 5.12. The van der Waals surface area contributed by atoms with E-state index in [-0.39, 0.29) is 14.9 Å². The normalized spacial score (nSPS) is 12.9. The van der Waals surface area contributed by atoms with E-state index in [0.29, 0.717) is 0 Å². The molecule has 1 rings (SSSR count). The van der Waals surface area contributed by atoms with Crippen LogP contribution in [0.3, 0.4) is 0 Å². The molecule has 20 heavy (non-hydrogen) atoms. The molecule has 7 nitrogen and oxygen atoms in total. The molecule has 110 valence electrons. The van der Waals surface area contributed by atoms with E-state index in [1.165, 1.54) is 6.07 Å². The van der Waals surface area contributed by atoms with E-state index < -0.39 is 34.4 Å². The minimum Gasteiger partial charge on any atom is -0.481 e.